The maximum atomic E-state index is 12.0. The van der Waals surface area contributed by atoms with Crippen LogP contribution in [0.25, 0.3) is 11.4 Å². The molecule has 7 heteroatoms. The van der Waals surface area contributed by atoms with Gasteiger partial charge in [0, 0.05) is 0 Å². The second-order valence-electron chi connectivity index (χ2n) is 6.31. The number of carboxylic acids is 1. The van der Waals surface area contributed by atoms with E-state index in [9.17, 15) is 9.59 Å². The van der Waals surface area contributed by atoms with Gasteiger partial charge in [-0.3, -0.25) is 0 Å². The van der Waals surface area contributed by atoms with E-state index in [2.05, 4.69) is 12.2 Å². The molecule has 0 atom stereocenters. The molecule has 1 fully saturated rings. The number of rotatable bonds is 7. The number of carbonyl (C=O) groups is 2. The van der Waals surface area contributed by atoms with Gasteiger partial charge in [0.25, 0.3) is 0 Å². The first-order valence-electron chi connectivity index (χ1n) is 8.43. The molecule has 0 aliphatic heterocycles. The number of carbonyl (C=O) groups excluding carboxylic acids is 1. The van der Waals surface area contributed by atoms with Crippen molar-refractivity contribution in [3.63, 3.8) is 0 Å². The van der Waals surface area contributed by atoms with E-state index in [1.807, 2.05) is 0 Å². The van der Waals surface area contributed by atoms with Gasteiger partial charge in [0.1, 0.15) is 0 Å². The number of methoxy groups -OCH3 is 1. The van der Waals surface area contributed by atoms with E-state index in [-0.39, 0.29) is 41.5 Å². The average Bonchev–Trinajstić information content (AvgIpc) is 2.60. The van der Waals surface area contributed by atoms with Gasteiger partial charge in [-0.2, -0.15) is 0 Å². The summed E-state index contributed by atoms with van der Waals surface area (Å²) in [4.78, 5) is 22.6. The summed E-state index contributed by atoms with van der Waals surface area (Å²) < 4.78 is 10.3. The molecule has 0 saturated heterocycles. The first-order chi connectivity index (χ1) is 12.0. The summed E-state index contributed by atoms with van der Waals surface area (Å²) in [7, 11) is 1.47. The third-order valence-electron chi connectivity index (χ3n) is 4.25. The number of carboxylic acid groups (broad SMARTS) is 1. The van der Waals surface area contributed by atoms with Crippen LogP contribution in [0.15, 0.2) is 24.3 Å². The molecule has 0 spiro atoms. The Kier molecular flexibility index (Phi) is 9.76. The summed E-state index contributed by atoms with van der Waals surface area (Å²) in [5.74, 6) is 0.190. The Hall–Kier alpha value is -1.50. The Bertz CT molecular complexity index is 639. The number of amides is 1. The molecule has 1 N–H and O–H groups in total. The number of aliphatic carboxylic acids is 1. The van der Waals surface area contributed by atoms with E-state index in [0.717, 1.165) is 37.2 Å². The van der Waals surface area contributed by atoms with Gasteiger partial charge in [-0.25, -0.2) is 4.79 Å². The molecule has 0 heterocycles. The van der Waals surface area contributed by atoms with Crippen molar-refractivity contribution < 1.29 is 53.7 Å². The van der Waals surface area contributed by atoms with Gasteiger partial charge in [-0.15, -0.1) is 6.04 Å². The molecule has 1 aromatic rings. The van der Waals surface area contributed by atoms with Crippen molar-refractivity contribution in [1.82, 2.24) is 0 Å². The maximum absolute atomic E-state index is 12.0. The smallest absolute Gasteiger partial charge is 0.647 e. The Morgan fingerprint density at radius 1 is 1.23 bits per heavy atom. The second kappa shape index (κ2) is 11.3. The number of nitrogens with zero attached hydrogens (tertiary/aromatic N) is 1. The molecule has 1 aliphatic rings. The van der Waals surface area contributed by atoms with E-state index < -0.39 is 12.6 Å². The van der Waals surface area contributed by atoms with Crippen molar-refractivity contribution in [3.05, 3.63) is 35.2 Å². The minimum atomic E-state index is -1.06. The SMILES string of the molecule is COc1cc(C=CC(=O)[N-]C2CCC(C)CC2)ccc1OCC(=O)O.[Na+]. The molecule has 0 bridgehead atoms. The van der Waals surface area contributed by atoms with Crippen molar-refractivity contribution in [2.24, 2.45) is 5.92 Å². The normalized spacial score (nSPS) is 19.5. The fourth-order valence-electron chi connectivity index (χ4n) is 2.81. The molecule has 1 aliphatic carbocycles. The van der Waals surface area contributed by atoms with E-state index in [4.69, 9.17) is 14.6 Å². The molecule has 26 heavy (non-hydrogen) atoms. The first kappa shape index (κ1) is 22.5. The van der Waals surface area contributed by atoms with Gasteiger partial charge < -0.3 is 24.7 Å². The summed E-state index contributed by atoms with van der Waals surface area (Å²) in [6.45, 7) is 1.79. The van der Waals surface area contributed by atoms with Crippen LogP contribution in [-0.4, -0.2) is 36.7 Å². The van der Waals surface area contributed by atoms with Crippen LogP contribution in [0.5, 0.6) is 11.5 Å². The standard InChI is InChI=1S/C19H25NO5.Na/c1-13-3-7-15(8-4-13)20-18(21)10-6-14-5-9-16(17(11-14)24-2)25-12-19(22)23;/h5-6,9-11,13,15H,3-4,7-8,12H2,1-2H3,(H2,20,21,22,23);/q;+1/p-1. The molecule has 0 aromatic heterocycles. The largest absolute Gasteiger partial charge is 1.00 e. The van der Waals surface area contributed by atoms with Crippen LogP contribution >= 0.6 is 0 Å². The average molecular weight is 369 g/mol. The van der Waals surface area contributed by atoms with Gasteiger partial charge in [-0.05, 0) is 29.7 Å². The van der Waals surface area contributed by atoms with E-state index in [0.29, 0.717) is 11.5 Å². The van der Waals surface area contributed by atoms with Crippen LogP contribution in [0.4, 0.5) is 0 Å². The van der Waals surface area contributed by atoms with Crippen LogP contribution in [0, 0.1) is 5.92 Å². The van der Waals surface area contributed by atoms with Crippen LogP contribution < -0.4 is 39.0 Å². The summed E-state index contributed by atoms with van der Waals surface area (Å²) in [5.41, 5.74) is 0.750. The predicted octanol–water partition coefficient (Wildman–Crippen LogP) is 0.655. The summed E-state index contributed by atoms with van der Waals surface area (Å²) in [6.07, 6.45) is 7.32. The summed E-state index contributed by atoms with van der Waals surface area (Å²) >= 11 is 0. The number of benzene rings is 1. The predicted molar refractivity (Wildman–Crippen MR) is 94.9 cm³/mol. The van der Waals surface area contributed by atoms with Crippen LogP contribution in [0.2, 0.25) is 0 Å². The first-order valence-corrected chi connectivity index (χ1v) is 8.43. The van der Waals surface area contributed by atoms with Gasteiger partial charge in [0.05, 0.1) is 13.0 Å². The monoisotopic (exact) mass is 369 g/mol. The Labute approximate surface area is 176 Å². The van der Waals surface area contributed by atoms with Gasteiger partial charge >= 0.3 is 35.5 Å². The Morgan fingerprint density at radius 2 is 1.92 bits per heavy atom. The third kappa shape index (κ3) is 7.40. The zero-order chi connectivity index (χ0) is 18.2. The van der Waals surface area contributed by atoms with E-state index >= 15 is 0 Å². The Morgan fingerprint density at radius 3 is 2.54 bits per heavy atom. The number of hydrogen-bond acceptors (Lipinski definition) is 4. The summed E-state index contributed by atoms with van der Waals surface area (Å²) in [5, 5.41) is 12.9. The molecule has 0 unspecified atom stereocenters. The molecule has 1 amide bonds. The molecule has 0 radical (unpaired) electrons. The fourth-order valence-corrected chi connectivity index (χ4v) is 2.81. The molecule has 2 rings (SSSR count). The molecular weight excluding hydrogens is 345 g/mol. The van der Waals surface area contributed by atoms with E-state index in [1.54, 1.807) is 24.3 Å². The molecule has 136 valence electrons. The second-order valence-corrected chi connectivity index (χ2v) is 6.31. The van der Waals surface area contributed by atoms with Crippen LogP contribution in [-0.2, 0) is 9.59 Å². The van der Waals surface area contributed by atoms with Gasteiger partial charge in [-0.1, -0.05) is 44.7 Å². The van der Waals surface area contributed by atoms with Crippen LogP contribution in [0.1, 0.15) is 38.2 Å². The van der Waals surface area contributed by atoms with Gasteiger partial charge in [0.15, 0.2) is 18.1 Å². The molecular formula is C19H24NNaO5. The third-order valence-corrected chi connectivity index (χ3v) is 4.25. The number of ether oxygens (including phenoxy) is 2. The van der Waals surface area contributed by atoms with Gasteiger partial charge in [0.2, 0.25) is 0 Å². The van der Waals surface area contributed by atoms with E-state index in [1.165, 1.54) is 13.2 Å². The van der Waals surface area contributed by atoms with Crippen molar-refractivity contribution in [2.45, 2.75) is 38.6 Å². The molecule has 6 nitrogen and oxygen atoms in total. The quantitative estimate of drug-likeness (QED) is 0.563. The summed E-state index contributed by atoms with van der Waals surface area (Å²) in [6, 6.07) is 5.16. The zero-order valence-corrected chi connectivity index (χ0v) is 17.6. The van der Waals surface area contributed by atoms with Crippen molar-refractivity contribution in [2.75, 3.05) is 13.7 Å². The maximum Gasteiger partial charge on any atom is 1.00 e. The number of hydrogen-bond donors (Lipinski definition) is 1. The molecule has 1 saturated carbocycles. The zero-order valence-electron chi connectivity index (χ0n) is 15.6. The van der Waals surface area contributed by atoms with Crippen molar-refractivity contribution in [1.29, 1.82) is 0 Å². The minimum absolute atomic E-state index is 0. The van der Waals surface area contributed by atoms with Crippen molar-refractivity contribution >= 4 is 18.0 Å². The molecule has 1 aromatic carbocycles. The van der Waals surface area contributed by atoms with Crippen molar-refractivity contribution in [3.8, 4) is 11.5 Å². The van der Waals surface area contributed by atoms with Crippen LogP contribution in [0.3, 0.4) is 0 Å². The Balaban J connectivity index is 0.00000338. The fraction of sp³-hybridized carbons (Fsp3) is 0.474. The topological polar surface area (TPSA) is 86.9 Å². The minimum Gasteiger partial charge on any atom is -0.647 e.